The molecule has 0 fully saturated rings. The summed E-state index contributed by atoms with van der Waals surface area (Å²) in [4.78, 5) is 12.2. The summed E-state index contributed by atoms with van der Waals surface area (Å²) in [5.41, 5.74) is 0.439. The molecule has 0 saturated heterocycles. The van der Waals surface area contributed by atoms with Crippen LogP contribution >= 0.6 is 0 Å². The zero-order chi connectivity index (χ0) is 19.5. The van der Waals surface area contributed by atoms with Gasteiger partial charge in [0.05, 0.1) is 17.6 Å². The highest BCUT2D eigenvalue weighted by Gasteiger charge is 2.24. The molecule has 0 radical (unpaired) electrons. The van der Waals surface area contributed by atoms with Crippen LogP contribution < -0.4 is 9.62 Å². The van der Waals surface area contributed by atoms with E-state index in [9.17, 15) is 26.4 Å². The third kappa shape index (κ3) is 4.34. The van der Waals surface area contributed by atoms with Gasteiger partial charge in [-0.1, -0.05) is 25.1 Å². The smallest absolute Gasteiger partial charge is 0.245 e. The van der Waals surface area contributed by atoms with Gasteiger partial charge in [0.15, 0.2) is 17.5 Å². The predicted molar refractivity (Wildman–Crippen MR) is 93.0 cm³/mol. The minimum absolute atomic E-state index is 0.318. The monoisotopic (exact) mass is 386 g/mol. The third-order valence-electron chi connectivity index (χ3n) is 3.64. The maximum Gasteiger partial charge on any atom is 0.245 e. The highest BCUT2D eigenvalue weighted by atomic mass is 32.2. The second-order valence-corrected chi connectivity index (χ2v) is 7.43. The number of amides is 1. The number of para-hydroxylation sites is 1. The first-order valence-electron chi connectivity index (χ1n) is 7.64. The number of benzene rings is 2. The molecule has 0 unspecified atom stereocenters. The average molecular weight is 386 g/mol. The molecule has 0 aliphatic rings. The van der Waals surface area contributed by atoms with Gasteiger partial charge in [-0.3, -0.25) is 9.10 Å². The van der Waals surface area contributed by atoms with Crippen LogP contribution in [0.2, 0.25) is 0 Å². The topological polar surface area (TPSA) is 66.5 Å². The number of carbonyl (C=O) groups excluding carboxylic acids is 1. The Labute approximate surface area is 149 Å². The van der Waals surface area contributed by atoms with Gasteiger partial charge in [0.2, 0.25) is 15.9 Å². The first kappa shape index (κ1) is 19.8. The Hall–Kier alpha value is -2.55. The van der Waals surface area contributed by atoms with Gasteiger partial charge >= 0.3 is 0 Å². The van der Waals surface area contributed by atoms with Crippen molar-refractivity contribution in [3.05, 3.63) is 59.4 Å². The normalized spacial score (nSPS) is 11.3. The van der Waals surface area contributed by atoms with Crippen LogP contribution in [0.5, 0.6) is 0 Å². The fourth-order valence-electron chi connectivity index (χ4n) is 2.38. The SMILES string of the molecule is CCc1ccccc1N(CC(=O)Nc1ccc(F)c(F)c1F)S(C)(=O)=O. The molecule has 0 aliphatic carbocycles. The van der Waals surface area contributed by atoms with Crippen molar-refractivity contribution in [1.29, 1.82) is 0 Å². The van der Waals surface area contributed by atoms with Gasteiger partial charge in [-0.15, -0.1) is 0 Å². The Kier molecular flexibility index (Phi) is 5.91. The van der Waals surface area contributed by atoms with Crippen LogP contribution in [0.1, 0.15) is 12.5 Å². The van der Waals surface area contributed by atoms with Crippen molar-refractivity contribution in [1.82, 2.24) is 0 Å². The maximum atomic E-state index is 13.7. The van der Waals surface area contributed by atoms with Crippen LogP contribution in [0, 0.1) is 17.5 Å². The highest BCUT2D eigenvalue weighted by molar-refractivity contribution is 7.92. The molecule has 1 N–H and O–H groups in total. The van der Waals surface area contributed by atoms with Gasteiger partial charge in [-0.25, -0.2) is 21.6 Å². The van der Waals surface area contributed by atoms with Crippen LogP contribution in [0.15, 0.2) is 36.4 Å². The van der Waals surface area contributed by atoms with Crippen LogP contribution in [0.4, 0.5) is 24.5 Å². The lowest BCUT2D eigenvalue weighted by atomic mass is 10.1. The Morgan fingerprint density at radius 1 is 1.08 bits per heavy atom. The molecule has 140 valence electrons. The molecule has 2 aromatic rings. The second-order valence-electron chi connectivity index (χ2n) is 5.52. The standard InChI is InChI=1S/C17H17F3N2O3S/c1-3-11-6-4-5-7-14(11)22(26(2,24)25)10-15(23)21-13-9-8-12(18)16(19)17(13)20/h4-9H,3,10H2,1-2H3,(H,21,23). The van der Waals surface area contributed by atoms with Crippen molar-refractivity contribution in [2.24, 2.45) is 0 Å². The van der Waals surface area contributed by atoms with Crippen LogP contribution in [0.3, 0.4) is 0 Å². The molecule has 0 bridgehead atoms. The van der Waals surface area contributed by atoms with E-state index in [4.69, 9.17) is 0 Å². The fraction of sp³-hybridized carbons (Fsp3) is 0.235. The quantitative estimate of drug-likeness (QED) is 0.776. The van der Waals surface area contributed by atoms with E-state index in [1.54, 1.807) is 24.3 Å². The van der Waals surface area contributed by atoms with Crippen LogP contribution in [0.25, 0.3) is 0 Å². The Balaban J connectivity index is 2.30. The number of rotatable bonds is 6. The summed E-state index contributed by atoms with van der Waals surface area (Å²) >= 11 is 0. The lowest BCUT2D eigenvalue weighted by Crippen LogP contribution is -2.38. The molecule has 9 heteroatoms. The molecule has 0 heterocycles. The largest absolute Gasteiger partial charge is 0.322 e. The minimum Gasteiger partial charge on any atom is -0.322 e. The van der Waals surface area contributed by atoms with E-state index < -0.39 is 45.6 Å². The van der Waals surface area contributed by atoms with Gasteiger partial charge in [0.1, 0.15) is 6.54 Å². The number of hydrogen-bond donors (Lipinski definition) is 1. The average Bonchev–Trinajstić information content (AvgIpc) is 2.59. The summed E-state index contributed by atoms with van der Waals surface area (Å²) in [6.07, 6.45) is 1.46. The van der Waals surface area contributed by atoms with Crippen molar-refractivity contribution in [3.63, 3.8) is 0 Å². The van der Waals surface area contributed by atoms with Crippen molar-refractivity contribution >= 4 is 27.3 Å². The molecule has 0 saturated carbocycles. The minimum atomic E-state index is -3.82. The molecule has 0 spiro atoms. The van der Waals surface area contributed by atoms with Crippen LogP contribution in [-0.2, 0) is 21.2 Å². The molecule has 1 amide bonds. The number of carbonyl (C=O) groups is 1. The van der Waals surface area contributed by atoms with Gasteiger partial charge in [0.25, 0.3) is 0 Å². The maximum absolute atomic E-state index is 13.7. The van der Waals surface area contributed by atoms with Crippen LogP contribution in [-0.4, -0.2) is 27.1 Å². The number of anilines is 2. The first-order valence-corrected chi connectivity index (χ1v) is 9.49. The summed E-state index contributed by atoms with van der Waals surface area (Å²) in [7, 11) is -3.82. The van der Waals surface area contributed by atoms with E-state index in [1.165, 1.54) is 0 Å². The molecule has 5 nitrogen and oxygen atoms in total. The zero-order valence-corrected chi connectivity index (χ0v) is 14.9. The number of sulfonamides is 1. The van der Waals surface area contributed by atoms with Crippen molar-refractivity contribution in [2.45, 2.75) is 13.3 Å². The second kappa shape index (κ2) is 7.77. The number of aryl methyl sites for hydroxylation is 1. The summed E-state index contributed by atoms with van der Waals surface area (Å²) in [5, 5.41) is 2.06. The Morgan fingerprint density at radius 3 is 2.35 bits per heavy atom. The molecular formula is C17H17F3N2O3S. The first-order chi connectivity index (χ1) is 12.1. The van der Waals surface area contributed by atoms with Gasteiger partial charge in [0, 0.05) is 0 Å². The summed E-state index contributed by atoms with van der Waals surface area (Å²) in [5.74, 6) is -5.57. The zero-order valence-electron chi connectivity index (χ0n) is 14.1. The Morgan fingerprint density at radius 2 is 1.73 bits per heavy atom. The van der Waals surface area contributed by atoms with Gasteiger partial charge in [-0.2, -0.15) is 0 Å². The van der Waals surface area contributed by atoms with E-state index >= 15 is 0 Å². The van der Waals surface area contributed by atoms with Crippen molar-refractivity contribution in [2.75, 3.05) is 22.4 Å². The number of nitrogens with one attached hydrogen (secondary N) is 1. The van der Waals surface area contributed by atoms with E-state index in [2.05, 4.69) is 5.32 Å². The third-order valence-corrected chi connectivity index (χ3v) is 4.76. The summed E-state index contributed by atoms with van der Waals surface area (Å²) in [6.45, 7) is 1.18. The van der Waals surface area contributed by atoms with Gasteiger partial charge in [-0.05, 0) is 30.2 Å². The lowest BCUT2D eigenvalue weighted by molar-refractivity contribution is -0.114. The number of nitrogens with zero attached hydrogens (tertiary/aromatic N) is 1. The van der Waals surface area contributed by atoms with Gasteiger partial charge < -0.3 is 5.32 Å². The molecular weight excluding hydrogens is 369 g/mol. The van der Waals surface area contributed by atoms with E-state index in [-0.39, 0.29) is 0 Å². The molecule has 0 aromatic heterocycles. The molecule has 2 rings (SSSR count). The van der Waals surface area contributed by atoms with Crippen molar-refractivity contribution in [3.8, 4) is 0 Å². The molecule has 26 heavy (non-hydrogen) atoms. The predicted octanol–water partition coefficient (Wildman–Crippen LogP) is 3.07. The highest BCUT2D eigenvalue weighted by Crippen LogP contribution is 2.24. The summed E-state index contributed by atoms with van der Waals surface area (Å²) < 4.78 is 65.0. The number of halogens is 3. The van der Waals surface area contributed by atoms with E-state index in [0.29, 0.717) is 23.7 Å². The number of hydrogen-bond acceptors (Lipinski definition) is 3. The molecule has 0 atom stereocenters. The molecule has 0 aliphatic heterocycles. The summed E-state index contributed by atoms with van der Waals surface area (Å²) in [6, 6.07) is 8.15. The van der Waals surface area contributed by atoms with E-state index in [1.807, 2.05) is 6.92 Å². The van der Waals surface area contributed by atoms with Crippen molar-refractivity contribution < 1.29 is 26.4 Å². The van der Waals surface area contributed by atoms with E-state index in [0.717, 1.165) is 16.6 Å². The fourth-order valence-corrected chi connectivity index (χ4v) is 3.26. The Bertz CT molecular complexity index is 933. The molecule has 2 aromatic carbocycles. The lowest BCUT2D eigenvalue weighted by Gasteiger charge is -2.24.